The summed E-state index contributed by atoms with van der Waals surface area (Å²) in [5.74, 6) is 0.423. The second kappa shape index (κ2) is 7.32. The fraction of sp³-hybridized carbons (Fsp3) is 0.0952. The third-order valence-corrected chi connectivity index (χ3v) is 3.88. The Morgan fingerprint density at radius 2 is 1.54 bits per heavy atom. The third-order valence-electron chi connectivity index (χ3n) is 3.88. The van der Waals surface area contributed by atoms with Gasteiger partial charge in [0.25, 0.3) is 0 Å². The van der Waals surface area contributed by atoms with Gasteiger partial charge in [0, 0.05) is 11.1 Å². The quantitative estimate of drug-likeness (QED) is 0.592. The number of rotatable bonds is 4. The van der Waals surface area contributed by atoms with Crippen LogP contribution in [0.1, 0.15) is 16.7 Å². The molecule has 0 N–H and O–H groups in total. The molecule has 5 heteroatoms. The van der Waals surface area contributed by atoms with Crippen LogP contribution < -0.4 is 4.74 Å². The van der Waals surface area contributed by atoms with E-state index in [-0.39, 0.29) is 17.7 Å². The predicted molar refractivity (Wildman–Crippen MR) is 92.4 cm³/mol. The van der Waals surface area contributed by atoms with Gasteiger partial charge in [-0.05, 0) is 29.8 Å². The van der Waals surface area contributed by atoms with E-state index in [1.165, 1.54) is 6.07 Å². The van der Waals surface area contributed by atoms with Crippen molar-refractivity contribution in [2.75, 3.05) is 0 Å². The van der Waals surface area contributed by atoms with Crippen molar-refractivity contribution >= 4 is 0 Å². The topological polar surface area (TPSA) is 33.0 Å². The maximum atomic E-state index is 13.1. The van der Waals surface area contributed by atoms with E-state index < -0.39 is 11.7 Å². The molecule has 2 nitrogen and oxygen atoms in total. The first-order valence-corrected chi connectivity index (χ1v) is 7.86. The zero-order chi connectivity index (χ0) is 18.6. The molecule has 3 aromatic rings. The Balaban J connectivity index is 2.01. The van der Waals surface area contributed by atoms with Gasteiger partial charge in [-0.3, -0.25) is 0 Å². The summed E-state index contributed by atoms with van der Waals surface area (Å²) in [4.78, 5) is 0. The molecule has 0 bridgehead atoms. The van der Waals surface area contributed by atoms with Crippen LogP contribution in [0.5, 0.6) is 5.75 Å². The molecular formula is C21H14F3NO. The molecule has 0 saturated carbocycles. The van der Waals surface area contributed by atoms with E-state index in [0.29, 0.717) is 11.3 Å². The lowest BCUT2D eigenvalue weighted by Crippen LogP contribution is -2.05. The number of hydrogen-bond donors (Lipinski definition) is 0. The molecule has 0 aliphatic heterocycles. The number of hydrogen-bond acceptors (Lipinski definition) is 2. The Labute approximate surface area is 149 Å². The van der Waals surface area contributed by atoms with E-state index in [4.69, 9.17) is 4.74 Å². The van der Waals surface area contributed by atoms with Gasteiger partial charge in [-0.25, -0.2) is 0 Å². The summed E-state index contributed by atoms with van der Waals surface area (Å²) < 4.78 is 45.0. The summed E-state index contributed by atoms with van der Waals surface area (Å²) in [6, 6.07) is 21.3. The Kier molecular flexibility index (Phi) is 4.94. The number of nitriles is 1. The highest BCUT2D eigenvalue weighted by Gasteiger charge is 2.31. The first-order valence-electron chi connectivity index (χ1n) is 7.86. The fourth-order valence-corrected chi connectivity index (χ4v) is 2.59. The second-order valence-corrected chi connectivity index (χ2v) is 5.64. The van der Waals surface area contributed by atoms with Crippen molar-refractivity contribution in [3.05, 3.63) is 89.5 Å². The normalized spacial score (nSPS) is 11.0. The van der Waals surface area contributed by atoms with Crippen LogP contribution in [-0.2, 0) is 12.8 Å². The zero-order valence-electron chi connectivity index (χ0n) is 13.6. The number of ether oxygens (including phenoxy) is 1. The SMILES string of the molecule is N#Cc1ccc(C(F)(F)F)cc1-c1ccccc1OCc1ccccc1. The van der Waals surface area contributed by atoms with E-state index in [9.17, 15) is 18.4 Å². The number of alkyl halides is 3. The molecule has 0 saturated heterocycles. The minimum absolute atomic E-state index is 0.161. The lowest BCUT2D eigenvalue weighted by Gasteiger charge is -2.15. The van der Waals surface area contributed by atoms with E-state index in [0.717, 1.165) is 17.7 Å². The monoisotopic (exact) mass is 353 g/mol. The number of benzene rings is 3. The van der Waals surface area contributed by atoms with Crippen LogP contribution in [0.25, 0.3) is 11.1 Å². The van der Waals surface area contributed by atoms with Crippen molar-refractivity contribution in [2.45, 2.75) is 12.8 Å². The lowest BCUT2D eigenvalue weighted by atomic mass is 9.97. The number of para-hydroxylation sites is 1. The minimum Gasteiger partial charge on any atom is -0.488 e. The van der Waals surface area contributed by atoms with Crippen LogP contribution in [0.3, 0.4) is 0 Å². The summed E-state index contributed by atoms with van der Waals surface area (Å²) in [5.41, 5.74) is 0.946. The van der Waals surface area contributed by atoms with Crippen molar-refractivity contribution in [1.82, 2.24) is 0 Å². The molecule has 130 valence electrons. The average molecular weight is 353 g/mol. The van der Waals surface area contributed by atoms with Crippen molar-refractivity contribution in [2.24, 2.45) is 0 Å². The summed E-state index contributed by atoms with van der Waals surface area (Å²) in [6.45, 7) is 0.276. The summed E-state index contributed by atoms with van der Waals surface area (Å²) in [5, 5.41) is 9.30. The highest BCUT2D eigenvalue weighted by atomic mass is 19.4. The highest BCUT2D eigenvalue weighted by Crippen LogP contribution is 2.37. The Hall–Kier alpha value is -3.26. The average Bonchev–Trinajstić information content (AvgIpc) is 2.66. The molecule has 0 atom stereocenters. The van der Waals surface area contributed by atoms with Gasteiger partial charge in [0.2, 0.25) is 0 Å². The fourth-order valence-electron chi connectivity index (χ4n) is 2.59. The molecule has 0 radical (unpaired) electrons. The van der Waals surface area contributed by atoms with Crippen LogP contribution in [0.4, 0.5) is 13.2 Å². The third kappa shape index (κ3) is 3.86. The van der Waals surface area contributed by atoms with Gasteiger partial charge in [-0.1, -0.05) is 48.5 Å². The molecule has 26 heavy (non-hydrogen) atoms. The van der Waals surface area contributed by atoms with Gasteiger partial charge >= 0.3 is 6.18 Å². The van der Waals surface area contributed by atoms with Crippen LogP contribution in [0, 0.1) is 11.3 Å². The number of halogens is 3. The minimum atomic E-state index is -4.48. The first kappa shape index (κ1) is 17.6. The highest BCUT2D eigenvalue weighted by molar-refractivity contribution is 5.76. The zero-order valence-corrected chi connectivity index (χ0v) is 13.6. The Morgan fingerprint density at radius 1 is 0.846 bits per heavy atom. The molecule has 0 unspecified atom stereocenters. The molecule has 0 amide bonds. The molecule has 3 rings (SSSR count). The van der Waals surface area contributed by atoms with Gasteiger partial charge in [0.1, 0.15) is 12.4 Å². The van der Waals surface area contributed by atoms with Crippen molar-refractivity contribution in [1.29, 1.82) is 5.26 Å². The largest absolute Gasteiger partial charge is 0.488 e. The molecule has 0 aliphatic carbocycles. The van der Waals surface area contributed by atoms with Crippen LogP contribution >= 0.6 is 0 Å². The Bertz CT molecular complexity index is 943. The molecule has 0 fully saturated rings. The molecular weight excluding hydrogens is 339 g/mol. The smallest absolute Gasteiger partial charge is 0.416 e. The maximum Gasteiger partial charge on any atom is 0.416 e. The van der Waals surface area contributed by atoms with Crippen LogP contribution in [0.2, 0.25) is 0 Å². The standard InChI is InChI=1S/C21H14F3NO/c22-21(23,24)17-11-10-16(13-25)19(12-17)18-8-4-5-9-20(18)26-14-15-6-2-1-3-7-15/h1-12H,14H2. The van der Waals surface area contributed by atoms with Gasteiger partial charge in [0.05, 0.1) is 17.2 Å². The molecule has 0 heterocycles. The van der Waals surface area contributed by atoms with E-state index in [1.807, 2.05) is 36.4 Å². The molecule has 0 aromatic heterocycles. The number of nitrogens with zero attached hydrogens (tertiary/aromatic N) is 1. The molecule has 0 aliphatic rings. The van der Waals surface area contributed by atoms with Crippen molar-refractivity contribution in [3.63, 3.8) is 0 Å². The maximum absolute atomic E-state index is 13.1. The Morgan fingerprint density at radius 3 is 2.23 bits per heavy atom. The lowest BCUT2D eigenvalue weighted by molar-refractivity contribution is -0.137. The molecule has 0 spiro atoms. The van der Waals surface area contributed by atoms with Crippen molar-refractivity contribution < 1.29 is 17.9 Å². The van der Waals surface area contributed by atoms with Gasteiger partial charge in [-0.15, -0.1) is 0 Å². The van der Waals surface area contributed by atoms with Gasteiger partial charge < -0.3 is 4.74 Å². The van der Waals surface area contributed by atoms with E-state index in [2.05, 4.69) is 0 Å². The van der Waals surface area contributed by atoms with Gasteiger partial charge in [-0.2, -0.15) is 18.4 Å². The van der Waals surface area contributed by atoms with Crippen molar-refractivity contribution in [3.8, 4) is 22.9 Å². The summed E-state index contributed by atoms with van der Waals surface area (Å²) in [6.07, 6.45) is -4.48. The summed E-state index contributed by atoms with van der Waals surface area (Å²) in [7, 11) is 0. The summed E-state index contributed by atoms with van der Waals surface area (Å²) >= 11 is 0. The second-order valence-electron chi connectivity index (χ2n) is 5.64. The van der Waals surface area contributed by atoms with Gasteiger partial charge in [0.15, 0.2) is 0 Å². The van der Waals surface area contributed by atoms with Crippen LogP contribution in [0.15, 0.2) is 72.8 Å². The van der Waals surface area contributed by atoms with Crippen LogP contribution in [-0.4, -0.2) is 0 Å². The predicted octanol–water partition coefficient (Wildman–Crippen LogP) is 5.82. The van der Waals surface area contributed by atoms with E-state index in [1.54, 1.807) is 24.3 Å². The first-order chi connectivity index (χ1) is 12.5. The molecule has 3 aromatic carbocycles. The van der Waals surface area contributed by atoms with E-state index >= 15 is 0 Å².